The van der Waals surface area contributed by atoms with Crippen molar-refractivity contribution in [2.75, 3.05) is 0 Å². The molecule has 4 heteroatoms. The van der Waals surface area contributed by atoms with Crippen molar-refractivity contribution in [3.05, 3.63) is 0 Å². The average Bonchev–Trinajstić information content (AvgIpc) is 0. The van der Waals surface area contributed by atoms with Crippen LogP contribution in [0.5, 0.6) is 0 Å². The summed E-state index contributed by atoms with van der Waals surface area (Å²) in [6.45, 7) is 0. The summed E-state index contributed by atoms with van der Waals surface area (Å²) < 4.78 is 0. The standard InChI is InChI=1S/2ClH.Gd.Tb/h2*1H;;/q;;2*+3/p-2. The number of halogens is 2. The fourth-order valence-corrected chi connectivity index (χ4v) is 0. The Labute approximate surface area is 101 Å². The predicted molar refractivity (Wildman–Crippen MR) is 0 cm³/mol. The second kappa shape index (κ2) is 16.4. The van der Waals surface area contributed by atoms with E-state index < -0.39 is 0 Å². The van der Waals surface area contributed by atoms with Crippen LogP contribution in [0.1, 0.15) is 0 Å². The molecule has 0 rings (SSSR count). The van der Waals surface area contributed by atoms with Crippen LogP contribution in [-0.2, 0) is 0 Å². The average molecular weight is 387 g/mol. The van der Waals surface area contributed by atoms with Crippen molar-refractivity contribution in [3.8, 4) is 0 Å². The summed E-state index contributed by atoms with van der Waals surface area (Å²) in [5.74, 6) is 0. The molecule has 0 aromatic carbocycles. The first kappa shape index (κ1) is 27.1. The summed E-state index contributed by atoms with van der Waals surface area (Å²) in [5.41, 5.74) is 0. The molecular formula is Cl2GdTb+4. The Morgan fingerprint density at radius 2 is 0.750 bits per heavy atom. The third-order valence-corrected chi connectivity index (χ3v) is 0. The van der Waals surface area contributed by atoms with E-state index in [-0.39, 0.29) is 103 Å². The first-order valence-corrected chi connectivity index (χ1v) is 0. The Morgan fingerprint density at radius 1 is 0.750 bits per heavy atom. The summed E-state index contributed by atoms with van der Waals surface area (Å²) in [4.78, 5) is 0. The molecule has 0 saturated carbocycles. The van der Waals surface area contributed by atoms with E-state index in [9.17, 15) is 0 Å². The van der Waals surface area contributed by atoms with Crippen LogP contribution in [-0.4, -0.2) is 0 Å². The van der Waals surface area contributed by atoms with Gasteiger partial charge in [0.15, 0.2) is 0 Å². The van der Waals surface area contributed by atoms with Crippen molar-refractivity contribution in [3.63, 3.8) is 0 Å². The Bertz CT molecular complexity index is 6.00. The molecule has 0 atom stereocenters. The molecule has 0 aliphatic heterocycles. The van der Waals surface area contributed by atoms with Crippen LogP contribution in [0.25, 0.3) is 0 Å². The fourth-order valence-electron chi connectivity index (χ4n) is 0. The molecule has 0 spiro atoms. The number of hydrogen-bond donors (Lipinski definition) is 0. The molecule has 0 aliphatic carbocycles. The molecule has 1 radical (unpaired) electrons. The topological polar surface area (TPSA) is 0 Å². The van der Waals surface area contributed by atoms with Gasteiger partial charge in [-0.05, 0) is 0 Å². The molecule has 0 saturated heterocycles. The van der Waals surface area contributed by atoms with E-state index >= 15 is 0 Å². The zero-order chi connectivity index (χ0) is 0. The van der Waals surface area contributed by atoms with Gasteiger partial charge in [0.1, 0.15) is 0 Å². The second-order valence-electron chi connectivity index (χ2n) is 0. The number of hydrogen-bond acceptors (Lipinski definition) is 0. The first-order chi connectivity index (χ1) is 0. The minimum absolute atomic E-state index is 0. The summed E-state index contributed by atoms with van der Waals surface area (Å²) in [5, 5.41) is 0. The van der Waals surface area contributed by atoms with Gasteiger partial charge in [-0.15, -0.1) is 0 Å². The third-order valence-electron chi connectivity index (χ3n) is 0. The van der Waals surface area contributed by atoms with Gasteiger partial charge < -0.3 is 24.8 Å². The molecule has 4 heavy (non-hydrogen) atoms. The maximum Gasteiger partial charge on any atom is 3.00 e. The van der Waals surface area contributed by atoms with Crippen molar-refractivity contribution >= 4 is 0 Å². The third kappa shape index (κ3) is 8.95. The van der Waals surface area contributed by atoms with Crippen molar-refractivity contribution < 1.29 is 103 Å². The van der Waals surface area contributed by atoms with Gasteiger partial charge in [0.2, 0.25) is 0 Å². The fraction of sp³-hybridized carbons (Fsp3) is 0. The van der Waals surface area contributed by atoms with Crippen molar-refractivity contribution in [1.82, 2.24) is 0 Å². The zero-order valence-electron chi connectivity index (χ0n) is 1.44. The maximum atomic E-state index is 0. The van der Waals surface area contributed by atoms with Gasteiger partial charge in [0.25, 0.3) is 0 Å². The molecular weight excluding hydrogens is 387 g/mol. The molecule has 0 aromatic rings. The quantitative estimate of drug-likeness (QED) is 0.389. The molecule has 0 fully saturated rings. The van der Waals surface area contributed by atoms with Crippen LogP contribution in [0.2, 0.25) is 0 Å². The van der Waals surface area contributed by atoms with Crippen LogP contribution in [0.3, 0.4) is 0 Å². The van der Waals surface area contributed by atoms with Gasteiger partial charge in [-0.2, -0.15) is 0 Å². The normalized spacial score (nSPS) is 0. The Balaban J connectivity index is 0. The van der Waals surface area contributed by atoms with Gasteiger partial charge in [-0.25, -0.2) is 0 Å². The van der Waals surface area contributed by atoms with Crippen molar-refractivity contribution in [2.24, 2.45) is 0 Å². The summed E-state index contributed by atoms with van der Waals surface area (Å²) >= 11 is 0. The van der Waals surface area contributed by atoms with Crippen LogP contribution >= 0.6 is 0 Å². The van der Waals surface area contributed by atoms with E-state index in [0.29, 0.717) is 0 Å². The molecule has 0 bridgehead atoms. The first-order valence-electron chi connectivity index (χ1n) is 0. The van der Waals surface area contributed by atoms with Crippen LogP contribution < -0.4 is 24.8 Å². The Morgan fingerprint density at radius 3 is 0.750 bits per heavy atom. The molecule has 0 heterocycles. The molecule has 0 unspecified atom stereocenters. The minimum Gasteiger partial charge on any atom is -1.00 e. The van der Waals surface area contributed by atoms with E-state index in [0.717, 1.165) is 0 Å². The predicted octanol–water partition coefficient (Wildman–Crippen LogP) is -5.99. The van der Waals surface area contributed by atoms with Crippen molar-refractivity contribution in [2.45, 2.75) is 0 Å². The van der Waals surface area contributed by atoms with E-state index in [2.05, 4.69) is 0 Å². The van der Waals surface area contributed by atoms with Crippen LogP contribution in [0, 0.1) is 78.6 Å². The molecule has 0 N–H and O–H groups in total. The van der Waals surface area contributed by atoms with Gasteiger partial charge in [0, 0.05) is 0 Å². The monoisotopic (exact) mass is 387 g/mol. The Kier molecular flexibility index (Phi) is 111. The van der Waals surface area contributed by atoms with Crippen molar-refractivity contribution in [1.29, 1.82) is 0 Å². The molecule has 0 amide bonds. The molecule has 0 aromatic heterocycles. The van der Waals surface area contributed by atoms with E-state index in [1.807, 2.05) is 0 Å². The zero-order valence-corrected chi connectivity index (χ0v) is 7.36. The van der Waals surface area contributed by atoms with E-state index in [1.165, 1.54) is 0 Å². The van der Waals surface area contributed by atoms with E-state index in [1.54, 1.807) is 0 Å². The maximum absolute atomic E-state index is 0. The van der Waals surface area contributed by atoms with E-state index in [4.69, 9.17) is 0 Å². The van der Waals surface area contributed by atoms with Gasteiger partial charge in [0.05, 0.1) is 0 Å². The Hall–Kier alpha value is 3.19. The molecule has 27 valence electrons. The minimum atomic E-state index is 0. The molecule has 0 nitrogen and oxygen atoms in total. The second-order valence-corrected chi connectivity index (χ2v) is 0. The van der Waals surface area contributed by atoms with Gasteiger partial charge in [-0.3, -0.25) is 0 Å². The molecule has 0 aliphatic rings. The van der Waals surface area contributed by atoms with Crippen LogP contribution in [0.15, 0.2) is 0 Å². The van der Waals surface area contributed by atoms with Crippen LogP contribution in [0.4, 0.5) is 0 Å². The summed E-state index contributed by atoms with van der Waals surface area (Å²) in [6.07, 6.45) is 0. The number of rotatable bonds is 0. The van der Waals surface area contributed by atoms with Gasteiger partial charge in [-0.1, -0.05) is 0 Å². The van der Waals surface area contributed by atoms with Gasteiger partial charge >= 0.3 is 78.6 Å². The summed E-state index contributed by atoms with van der Waals surface area (Å²) in [7, 11) is 0. The smallest absolute Gasteiger partial charge is 1.00 e. The SMILES string of the molecule is [Cl-].[Cl-].[Gd+3].[Tb+3]. The summed E-state index contributed by atoms with van der Waals surface area (Å²) in [6, 6.07) is 0. The largest absolute Gasteiger partial charge is 3.00 e.